The van der Waals surface area contributed by atoms with E-state index in [1.807, 2.05) is 66.7 Å². The topological polar surface area (TPSA) is 69.9 Å². The van der Waals surface area contributed by atoms with Crippen LogP contribution >= 0.6 is 0 Å². The maximum atomic E-state index is 6.67. The largest absolute Gasteiger partial charge is 0.456 e. The van der Waals surface area contributed by atoms with Gasteiger partial charge in [0.1, 0.15) is 22.3 Å². The second-order valence-electron chi connectivity index (χ2n) is 14.0. The van der Waals surface area contributed by atoms with E-state index in [1.54, 1.807) is 0 Å². The van der Waals surface area contributed by atoms with Crippen molar-refractivity contribution in [3.8, 4) is 39.9 Å². The number of nitrogens with zero attached hydrogens (tertiary/aromatic N) is 4. The van der Waals surface area contributed by atoms with Crippen LogP contribution in [0.4, 0.5) is 0 Å². The summed E-state index contributed by atoms with van der Waals surface area (Å²) in [6.07, 6.45) is 0. The van der Waals surface area contributed by atoms with Gasteiger partial charge in [0.2, 0.25) is 0 Å². The minimum atomic E-state index is 0.543. The minimum Gasteiger partial charge on any atom is -0.456 e. The van der Waals surface area contributed by atoms with Crippen molar-refractivity contribution in [2.45, 2.75) is 0 Å². The van der Waals surface area contributed by atoms with Gasteiger partial charge in [-0.25, -0.2) is 15.0 Å². The lowest BCUT2D eigenvalue weighted by Crippen LogP contribution is -2.00. The molecule has 55 heavy (non-hydrogen) atoms. The van der Waals surface area contributed by atoms with Crippen molar-refractivity contribution in [1.82, 2.24) is 19.5 Å². The van der Waals surface area contributed by atoms with Crippen molar-refractivity contribution < 1.29 is 8.83 Å². The Balaban J connectivity index is 1.02. The molecule has 0 aliphatic heterocycles. The average molecular weight is 705 g/mol. The molecule has 4 aromatic heterocycles. The normalized spacial score (nSPS) is 12.0. The zero-order valence-electron chi connectivity index (χ0n) is 29.3. The number of hydrogen-bond acceptors (Lipinski definition) is 5. The van der Waals surface area contributed by atoms with Gasteiger partial charge in [-0.15, -0.1) is 0 Å². The lowest BCUT2D eigenvalue weighted by atomic mass is 10.1. The molecule has 0 aliphatic carbocycles. The van der Waals surface area contributed by atoms with Crippen LogP contribution in [-0.2, 0) is 0 Å². The van der Waals surface area contributed by atoms with Gasteiger partial charge in [-0.05, 0) is 65.4 Å². The predicted molar refractivity (Wildman–Crippen MR) is 223 cm³/mol. The Kier molecular flexibility index (Phi) is 6.24. The van der Waals surface area contributed by atoms with Crippen LogP contribution < -0.4 is 0 Å². The second kappa shape index (κ2) is 11.5. The SMILES string of the molecule is c1ccc(-c2nc(-c3ccc4c(c3)oc3cc(-n5c6ccccc6c6cc7ccccc7cc65)ccc34)nc(-c3cccc4c3oc3ccccc34)n2)cc1. The summed E-state index contributed by atoms with van der Waals surface area (Å²) >= 11 is 0. The molecule has 0 atom stereocenters. The summed E-state index contributed by atoms with van der Waals surface area (Å²) in [6, 6.07) is 58.7. The van der Waals surface area contributed by atoms with Gasteiger partial charge in [-0.1, -0.05) is 109 Å². The summed E-state index contributed by atoms with van der Waals surface area (Å²) < 4.78 is 15.4. The molecule has 12 aromatic rings. The highest BCUT2D eigenvalue weighted by Gasteiger charge is 2.19. The van der Waals surface area contributed by atoms with Crippen LogP contribution in [0.2, 0.25) is 0 Å². The number of benzene rings is 8. The molecule has 4 heterocycles. The van der Waals surface area contributed by atoms with Crippen molar-refractivity contribution in [3.05, 3.63) is 170 Å². The van der Waals surface area contributed by atoms with Gasteiger partial charge in [0.05, 0.1) is 16.6 Å². The summed E-state index contributed by atoms with van der Waals surface area (Å²) in [5, 5.41) is 9.05. The van der Waals surface area contributed by atoms with E-state index in [1.165, 1.54) is 21.5 Å². The van der Waals surface area contributed by atoms with Crippen LogP contribution in [0.5, 0.6) is 0 Å². The third-order valence-electron chi connectivity index (χ3n) is 10.8. The van der Waals surface area contributed by atoms with Crippen molar-refractivity contribution in [2.24, 2.45) is 0 Å². The average Bonchev–Trinajstić information content (AvgIpc) is 3.91. The van der Waals surface area contributed by atoms with Gasteiger partial charge >= 0.3 is 0 Å². The second-order valence-corrected chi connectivity index (χ2v) is 14.0. The zero-order valence-corrected chi connectivity index (χ0v) is 29.3. The molecule has 12 rings (SSSR count). The molecule has 0 saturated heterocycles. The molecular weight excluding hydrogens is 677 g/mol. The van der Waals surface area contributed by atoms with E-state index in [4.69, 9.17) is 23.8 Å². The predicted octanol–water partition coefficient (Wildman–Crippen LogP) is 12.9. The van der Waals surface area contributed by atoms with Crippen LogP contribution in [0.1, 0.15) is 0 Å². The molecule has 0 saturated carbocycles. The minimum absolute atomic E-state index is 0.543. The molecule has 0 spiro atoms. The Labute approximate surface area is 313 Å². The van der Waals surface area contributed by atoms with Gasteiger partial charge in [-0.3, -0.25) is 0 Å². The van der Waals surface area contributed by atoms with E-state index in [-0.39, 0.29) is 0 Å². The summed E-state index contributed by atoms with van der Waals surface area (Å²) in [7, 11) is 0. The lowest BCUT2D eigenvalue weighted by molar-refractivity contribution is 0.668. The van der Waals surface area contributed by atoms with Crippen LogP contribution in [0, 0.1) is 0 Å². The first-order chi connectivity index (χ1) is 27.2. The summed E-state index contributed by atoms with van der Waals surface area (Å²) in [5.41, 5.74) is 9.06. The van der Waals surface area contributed by atoms with Crippen molar-refractivity contribution in [1.29, 1.82) is 0 Å². The van der Waals surface area contributed by atoms with E-state index >= 15 is 0 Å². The van der Waals surface area contributed by atoms with Crippen LogP contribution in [0.25, 0.3) is 116 Å². The van der Waals surface area contributed by atoms with E-state index < -0.39 is 0 Å². The third kappa shape index (κ3) is 4.58. The Bertz CT molecular complexity index is 3500. The van der Waals surface area contributed by atoms with Gasteiger partial charge in [-0.2, -0.15) is 0 Å². The van der Waals surface area contributed by atoms with E-state index in [0.29, 0.717) is 17.5 Å². The van der Waals surface area contributed by atoms with Gasteiger partial charge in [0, 0.05) is 55.2 Å². The first kappa shape index (κ1) is 29.9. The number of aromatic nitrogens is 4. The number of furan rings is 2. The monoisotopic (exact) mass is 704 g/mol. The third-order valence-corrected chi connectivity index (χ3v) is 10.8. The molecule has 0 N–H and O–H groups in total. The molecule has 8 aromatic carbocycles. The molecule has 0 radical (unpaired) electrons. The molecule has 0 unspecified atom stereocenters. The highest BCUT2D eigenvalue weighted by molar-refractivity contribution is 6.14. The fourth-order valence-corrected chi connectivity index (χ4v) is 8.24. The van der Waals surface area contributed by atoms with E-state index in [2.05, 4.69) is 108 Å². The van der Waals surface area contributed by atoms with Crippen LogP contribution in [-0.4, -0.2) is 19.5 Å². The molecule has 6 heteroatoms. The molecule has 6 nitrogen and oxygen atoms in total. The number of hydrogen-bond donors (Lipinski definition) is 0. The van der Waals surface area contributed by atoms with Crippen molar-refractivity contribution in [2.75, 3.05) is 0 Å². The first-order valence-electron chi connectivity index (χ1n) is 18.3. The maximum absolute atomic E-state index is 6.67. The molecule has 0 amide bonds. The van der Waals surface area contributed by atoms with Crippen molar-refractivity contribution in [3.63, 3.8) is 0 Å². The molecule has 256 valence electrons. The molecule has 0 bridgehead atoms. The Hall–Kier alpha value is -7.57. The summed E-state index contributed by atoms with van der Waals surface area (Å²) in [4.78, 5) is 15.1. The molecule has 0 fully saturated rings. The molecule has 0 aliphatic rings. The Morgan fingerprint density at radius 2 is 1.02 bits per heavy atom. The first-order valence-corrected chi connectivity index (χ1v) is 18.3. The Morgan fingerprint density at radius 1 is 0.364 bits per heavy atom. The number of rotatable bonds is 4. The van der Waals surface area contributed by atoms with Crippen molar-refractivity contribution >= 4 is 76.5 Å². The molecular formula is C49H28N4O2. The van der Waals surface area contributed by atoms with E-state index in [0.717, 1.165) is 77.3 Å². The summed E-state index contributed by atoms with van der Waals surface area (Å²) in [5.74, 6) is 1.68. The van der Waals surface area contributed by atoms with Gasteiger partial charge in [0.15, 0.2) is 17.5 Å². The van der Waals surface area contributed by atoms with Crippen LogP contribution in [0.3, 0.4) is 0 Å². The zero-order chi connectivity index (χ0) is 36.0. The lowest BCUT2D eigenvalue weighted by Gasteiger charge is -2.09. The highest BCUT2D eigenvalue weighted by Crippen LogP contribution is 2.39. The maximum Gasteiger partial charge on any atom is 0.167 e. The fraction of sp³-hybridized carbons (Fsp3) is 0. The highest BCUT2D eigenvalue weighted by atomic mass is 16.3. The van der Waals surface area contributed by atoms with E-state index in [9.17, 15) is 0 Å². The Morgan fingerprint density at radius 3 is 1.89 bits per heavy atom. The van der Waals surface area contributed by atoms with Gasteiger partial charge < -0.3 is 13.4 Å². The standard InChI is InChI=1S/C49H28N4O2/c1-2-11-29(12-3-1)47-50-48(52-49(51-47)39-18-10-17-38-35-16-7-9-20-43(35)55-46(38)39)32-21-23-36-37-24-22-33(28-45(37)54-44(36)27-32)53-41-19-8-6-15-34(41)40-25-30-13-4-5-14-31(30)26-42(40)53/h1-28H. The van der Waals surface area contributed by atoms with Gasteiger partial charge in [0.25, 0.3) is 0 Å². The number of fused-ring (bicyclic) bond motifs is 10. The quantitative estimate of drug-likeness (QED) is 0.182. The number of para-hydroxylation sites is 3. The van der Waals surface area contributed by atoms with Crippen LogP contribution in [0.15, 0.2) is 179 Å². The smallest absolute Gasteiger partial charge is 0.167 e. The fourth-order valence-electron chi connectivity index (χ4n) is 8.24. The summed E-state index contributed by atoms with van der Waals surface area (Å²) in [6.45, 7) is 0.